The number of hydrogen-bond donors (Lipinski definition) is 0. The number of anilines is 1. The first-order valence-electron chi connectivity index (χ1n) is 9.15. The highest BCUT2D eigenvalue weighted by Crippen LogP contribution is 2.32. The predicted molar refractivity (Wildman–Crippen MR) is 97.3 cm³/mol. The maximum Gasteiger partial charge on any atom is 0.225 e. The molecule has 2 fully saturated rings. The zero-order valence-electron chi connectivity index (χ0n) is 14.9. The van der Waals surface area contributed by atoms with Crippen LogP contribution in [0.1, 0.15) is 17.5 Å². The second-order valence-electron chi connectivity index (χ2n) is 7.36. The van der Waals surface area contributed by atoms with Gasteiger partial charge in [-0.05, 0) is 36.6 Å². The van der Waals surface area contributed by atoms with Gasteiger partial charge in [-0.1, -0.05) is 12.1 Å². The molecule has 0 aliphatic carbocycles. The summed E-state index contributed by atoms with van der Waals surface area (Å²) in [6, 6.07) is 6.91. The molecular formula is C20H23FN4O. The number of carbonyl (C=O) groups is 1. The lowest BCUT2D eigenvalue weighted by Gasteiger charge is -2.21. The number of amides is 1. The van der Waals surface area contributed by atoms with Crippen molar-refractivity contribution in [3.8, 4) is 0 Å². The summed E-state index contributed by atoms with van der Waals surface area (Å²) < 4.78 is 13.3. The Morgan fingerprint density at radius 3 is 2.50 bits per heavy atom. The second-order valence-corrected chi connectivity index (χ2v) is 7.36. The third-order valence-corrected chi connectivity index (χ3v) is 5.52. The molecule has 0 bridgehead atoms. The predicted octanol–water partition coefficient (Wildman–Crippen LogP) is 2.45. The van der Waals surface area contributed by atoms with Crippen LogP contribution in [0.15, 0.2) is 36.7 Å². The van der Waals surface area contributed by atoms with Crippen LogP contribution in [0.2, 0.25) is 0 Å². The molecule has 4 rings (SSSR count). The van der Waals surface area contributed by atoms with Crippen LogP contribution in [0.25, 0.3) is 0 Å². The number of rotatable bonds is 4. The minimum absolute atomic E-state index is 0.195. The van der Waals surface area contributed by atoms with E-state index in [1.165, 1.54) is 6.07 Å². The minimum atomic E-state index is -0.195. The highest BCUT2D eigenvalue weighted by Gasteiger charge is 2.42. The summed E-state index contributed by atoms with van der Waals surface area (Å²) in [4.78, 5) is 25.4. The molecule has 2 atom stereocenters. The van der Waals surface area contributed by atoms with E-state index in [4.69, 9.17) is 0 Å². The Hall–Kier alpha value is -2.50. The van der Waals surface area contributed by atoms with E-state index in [0.29, 0.717) is 30.2 Å². The fourth-order valence-corrected chi connectivity index (χ4v) is 4.09. The molecule has 26 heavy (non-hydrogen) atoms. The molecule has 2 saturated heterocycles. The van der Waals surface area contributed by atoms with E-state index in [2.05, 4.69) is 14.9 Å². The van der Waals surface area contributed by atoms with E-state index >= 15 is 0 Å². The average molecular weight is 354 g/mol. The first-order chi connectivity index (χ1) is 12.6. The number of hydrogen-bond acceptors (Lipinski definition) is 4. The molecule has 0 N–H and O–H groups in total. The summed E-state index contributed by atoms with van der Waals surface area (Å²) in [5, 5.41) is 0. The largest absolute Gasteiger partial charge is 0.342 e. The van der Waals surface area contributed by atoms with E-state index in [0.717, 1.165) is 37.7 Å². The molecule has 2 aromatic rings. The van der Waals surface area contributed by atoms with Gasteiger partial charge in [-0.25, -0.2) is 14.4 Å². The monoisotopic (exact) mass is 354 g/mol. The SMILES string of the molecule is Cc1cc(CCC(=O)N2CC3CN(c4ncccn4)CC3C2)ccc1F. The highest BCUT2D eigenvalue weighted by molar-refractivity contribution is 5.77. The van der Waals surface area contributed by atoms with Crippen LogP contribution in [0, 0.1) is 24.6 Å². The summed E-state index contributed by atoms with van der Waals surface area (Å²) in [6.45, 7) is 5.21. The maximum atomic E-state index is 13.3. The zero-order valence-corrected chi connectivity index (χ0v) is 14.9. The van der Waals surface area contributed by atoms with Crippen LogP contribution < -0.4 is 4.90 Å². The van der Waals surface area contributed by atoms with Crippen molar-refractivity contribution in [3.05, 3.63) is 53.6 Å². The molecule has 1 amide bonds. The molecule has 0 spiro atoms. The van der Waals surface area contributed by atoms with Gasteiger partial charge in [-0.15, -0.1) is 0 Å². The molecular weight excluding hydrogens is 331 g/mol. The summed E-state index contributed by atoms with van der Waals surface area (Å²) in [6.07, 6.45) is 4.68. The number of nitrogens with zero attached hydrogens (tertiary/aromatic N) is 4. The summed E-state index contributed by atoms with van der Waals surface area (Å²) >= 11 is 0. The first kappa shape index (κ1) is 16.9. The maximum absolute atomic E-state index is 13.3. The van der Waals surface area contributed by atoms with Crippen LogP contribution in [0.5, 0.6) is 0 Å². The van der Waals surface area contributed by atoms with Crippen molar-refractivity contribution in [2.75, 3.05) is 31.1 Å². The van der Waals surface area contributed by atoms with Gasteiger partial charge >= 0.3 is 0 Å². The van der Waals surface area contributed by atoms with Gasteiger partial charge in [0.2, 0.25) is 11.9 Å². The smallest absolute Gasteiger partial charge is 0.225 e. The Balaban J connectivity index is 1.30. The third-order valence-electron chi connectivity index (χ3n) is 5.52. The van der Waals surface area contributed by atoms with Gasteiger partial charge in [0.25, 0.3) is 0 Å². The summed E-state index contributed by atoms with van der Waals surface area (Å²) in [5.41, 5.74) is 1.65. The van der Waals surface area contributed by atoms with Crippen molar-refractivity contribution >= 4 is 11.9 Å². The topological polar surface area (TPSA) is 49.3 Å². The quantitative estimate of drug-likeness (QED) is 0.846. The lowest BCUT2D eigenvalue weighted by molar-refractivity contribution is -0.130. The molecule has 2 unspecified atom stereocenters. The lowest BCUT2D eigenvalue weighted by atomic mass is 10.0. The number of benzene rings is 1. The molecule has 3 heterocycles. The molecule has 0 radical (unpaired) electrons. The van der Waals surface area contributed by atoms with E-state index in [1.807, 2.05) is 17.0 Å². The highest BCUT2D eigenvalue weighted by atomic mass is 19.1. The van der Waals surface area contributed by atoms with Gasteiger partial charge in [-0.2, -0.15) is 0 Å². The standard InChI is InChI=1S/C20H23FN4O/c1-14-9-15(3-5-18(14)21)4-6-19(26)24-10-16-12-25(13-17(16)11-24)20-22-7-2-8-23-20/h2-3,5,7-9,16-17H,4,6,10-13H2,1H3. The third kappa shape index (κ3) is 3.41. The number of halogens is 1. The van der Waals surface area contributed by atoms with Gasteiger partial charge in [0.05, 0.1) is 0 Å². The van der Waals surface area contributed by atoms with Gasteiger partial charge in [0, 0.05) is 56.8 Å². The average Bonchev–Trinajstić information content (AvgIpc) is 3.22. The Bertz CT molecular complexity index is 784. The molecule has 5 nitrogen and oxygen atoms in total. The molecule has 136 valence electrons. The van der Waals surface area contributed by atoms with Crippen molar-refractivity contribution in [1.29, 1.82) is 0 Å². The molecule has 0 saturated carbocycles. The van der Waals surface area contributed by atoms with Crippen LogP contribution >= 0.6 is 0 Å². The van der Waals surface area contributed by atoms with Crippen molar-refractivity contribution < 1.29 is 9.18 Å². The fraction of sp³-hybridized carbons (Fsp3) is 0.450. The number of fused-ring (bicyclic) bond motifs is 1. The minimum Gasteiger partial charge on any atom is -0.342 e. The van der Waals surface area contributed by atoms with E-state index in [-0.39, 0.29) is 11.7 Å². The molecule has 1 aromatic carbocycles. The molecule has 2 aliphatic heterocycles. The molecule has 1 aromatic heterocycles. The van der Waals surface area contributed by atoms with Crippen molar-refractivity contribution in [3.63, 3.8) is 0 Å². The van der Waals surface area contributed by atoms with E-state index in [9.17, 15) is 9.18 Å². The van der Waals surface area contributed by atoms with Gasteiger partial charge in [0.1, 0.15) is 5.82 Å². The van der Waals surface area contributed by atoms with E-state index in [1.54, 1.807) is 25.4 Å². The Kier molecular flexibility index (Phi) is 4.57. The lowest BCUT2D eigenvalue weighted by Crippen LogP contribution is -2.33. The van der Waals surface area contributed by atoms with Crippen molar-refractivity contribution in [2.45, 2.75) is 19.8 Å². The van der Waals surface area contributed by atoms with Crippen LogP contribution in [0.3, 0.4) is 0 Å². The Morgan fingerprint density at radius 1 is 1.15 bits per heavy atom. The number of carbonyl (C=O) groups excluding carboxylic acids is 1. The summed E-state index contributed by atoms with van der Waals surface area (Å²) in [5.74, 6) is 1.78. The van der Waals surface area contributed by atoms with Gasteiger partial charge in [-0.3, -0.25) is 4.79 Å². The summed E-state index contributed by atoms with van der Waals surface area (Å²) in [7, 11) is 0. The number of aromatic nitrogens is 2. The Labute approximate surface area is 152 Å². The van der Waals surface area contributed by atoms with Gasteiger partial charge in [0.15, 0.2) is 0 Å². The van der Waals surface area contributed by atoms with Gasteiger partial charge < -0.3 is 9.80 Å². The van der Waals surface area contributed by atoms with E-state index < -0.39 is 0 Å². The normalized spacial score (nSPS) is 21.9. The molecule has 2 aliphatic rings. The molecule has 6 heteroatoms. The Morgan fingerprint density at radius 2 is 1.85 bits per heavy atom. The number of likely N-dealkylation sites (tertiary alicyclic amines) is 1. The zero-order chi connectivity index (χ0) is 18.1. The van der Waals surface area contributed by atoms with Crippen LogP contribution in [-0.2, 0) is 11.2 Å². The number of aryl methyl sites for hydroxylation is 2. The van der Waals surface area contributed by atoms with Crippen LogP contribution in [-0.4, -0.2) is 47.0 Å². The van der Waals surface area contributed by atoms with Crippen molar-refractivity contribution in [2.24, 2.45) is 11.8 Å². The van der Waals surface area contributed by atoms with Crippen molar-refractivity contribution in [1.82, 2.24) is 14.9 Å². The second kappa shape index (κ2) is 7.02. The first-order valence-corrected chi connectivity index (χ1v) is 9.15. The fourth-order valence-electron chi connectivity index (χ4n) is 4.09. The van der Waals surface area contributed by atoms with Crippen LogP contribution in [0.4, 0.5) is 10.3 Å².